The number of hydrogen-bond donors (Lipinski definition) is 2. The Bertz CT molecular complexity index is 580. The van der Waals surface area contributed by atoms with Crippen LogP contribution in [0.5, 0.6) is 11.5 Å². The van der Waals surface area contributed by atoms with Crippen LogP contribution in [0.1, 0.15) is 17.2 Å². The van der Waals surface area contributed by atoms with E-state index in [0.717, 1.165) is 23.4 Å². The number of fused-ring (bicyclic) bond motifs is 1. The Kier molecular flexibility index (Phi) is 2.59. The minimum atomic E-state index is 0.133. The van der Waals surface area contributed by atoms with E-state index in [-0.39, 0.29) is 6.04 Å². The topological polar surface area (TPSA) is 41.5 Å². The average Bonchev–Trinajstić information content (AvgIpc) is 2.81. The molecule has 3 rings (SSSR count). The van der Waals surface area contributed by atoms with Crippen LogP contribution in [-0.2, 0) is 6.42 Å². The summed E-state index contributed by atoms with van der Waals surface area (Å²) in [6.07, 6.45) is 0.865. The van der Waals surface area contributed by atoms with Crippen molar-refractivity contribution in [2.45, 2.75) is 12.5 Å². The Balaban J connectivity index is 1.91. The number of ether oxygens (including phenoxy) is 1. The molecule has 92 valence electrons. The lowest BCUT2D eigenvalue weighted by Crippen LogP contribution is -2.05. The summed E-state index contributed by atoms with van der Waals surface area (Å²) in [4.78, 5) is 0. The van der Waals surface area contributed by atoms with Gasteiger partial charge in [0, 0.05) is 11.3 Å². The number of benzene rings is 2. The van der Waals surface area contributed by atoms with Gasteiger partial charge in [-0.2, -0.15) is 0 Å². The van der Waals surface area contributed by atoms with E-state index in [4.69, 9.17) is 4.74 Å². The molecule has 1 atom stereocenters. The maximum Gasteiger partial charge on any atom is 0.120 e. The number of nitrogens with one attached hydrogen (secondary N) is 1. The molecule has 2 aromatic carbocycles. The molecule has 18 heavy (non-hydrogen) atoms. The summed E-state index contributed by atoms with van der Waals surface area (Å²) in [5.74, 6) is 1.21. The first-order chi connectivity index (χ1) is 8.78. The molecule has 0 spiro atoms. The highest BCUT2D eigenvalue weighted by Crippen LogP contribution is 2.38. The molecule has 2 aromatic rings. The number of anilines is 1. The summed E-state index contributed by atoms with van der Waals surface area (Å²) < 4.78 is 5.23. The molecule has 0 aromatic heterocycles. The van der Waals surface area contributed by atoms with Crippen molar-refractivity contribution in [3.8, 4) is 11.5 Å². The van der Waals surface area contributed by atoms with E-state index in [0.29, 0.717) is 5.75 Å². The number of phenolic OH excluding ortho intramolecular Hbond substituents is 1. The first-order valence-corrected chi connectivity index (χ1v) is 5.99. The van der Waals surface area contributed by atoms with Gasteiger partial charge in [-0.25, -0.2) is 0 Å². The molecule has 1 aliphatic rings. The number of methoxy groups -OCH3 is 1. The van der Waals surface area contributed by atoms with E-state index >= 15 is 0 Å². The number of para-hydroxylation sites is 1. The van der Waals surface area contributed by atoms with E-state index in [1.54, 1.807) is 13.2 Å². The van der Waals surface area contributed by atoms with Gasteiger partial charge in [-0.15, -0.1) is 0 Å². The molecule has 0 amide bonds. The van der Waals surface area contributed by atoms with Crippen LogP contribution in [0.15, 0.2) is 42.5 Å². The second-order valence-electron chi connectivity index (χ2n) is 4.48. The first-order valence-electron chi connectivity index (χ1n) is 5.99. The van der Waals surface area contributed by atoms with Crippen LogP contribution in [0.2, 0.25) is 0 Å². The van der Waals surface area contributed by atoms with E-state index in [1.165, 1.54) is 5.56 Å². The number of phenols is 1. The van der Waals surface area contributed by atoms with Crippen molar-refractivity contribution in [3.05, 3.63) is 53.6 Å². The summed E-state index contributed by atoms with van der Waals surface area (Å²) in [5, 5.41) is 13.3. The van der Waals surface area contributed by atoms with Gasteiger partial charge in [-0.1, -0.05) is 18.2 Å². The van der Waals surface area contributed by atoms with Crippen molar-refractivity contribution in [3.63, 3.8) is 0 Å². The van der Waals surface area contributed by atoms with Crippen LogP contribution in [0.4, 0.5) is 5.69 Å². The molecule has 0 bridgehead atoms. The molecule has 3 nitrogen and oxygen atoms in total. The quantitative estimate of drug-likeness (QED) is 0.848. The molecule has 0 fully saturated rings. The molecule has 0 aliphatic carbocycles. The fraction of sp³-hybridized carbons (Fsp3) is 0.200. The molecule has 1 heterocycles. The van der Waals surface area contributed by atoms with Gasteiger partial charge in [0.25, 0.3) is 0 Å². The largest absolute Gasteiger partial charge is 0.508 e. The number of hydrogen-bond acceptors (Lipinski definition) is 3. The Hall–Kier alpha value is -2.16. The highest BCUT2D eigenvalue weighted by Gasteiger charge is 2.24. The fourth-order valence-corrected chi connectivity index (χ4v) is 2.44. The van der Waals surface area contributed by atoms with Crippen molar-refractivity contribution in [1.82, 2.24) is 0 Å². The Morgan fingerprint density at radius 3 is 2.83 bits per heavy atom. The molecule has 1 aliphatic heterocycles. The zero-order valence-electron chi connectivity index (χ0n) is 10.2. The van der Waals surface area contributed by atoms with Crippen LogP contribution in [0, 0.1) is 0 Å². The Labute approximate surface area is 106 Å². The van der Waals surface area contributed by atoms with Crippen LogP contribution < -0.4 is 10.1 Å². The first kappa shape index (κ1) is 11.0. The second-order valence-corrected chi connectivity index (χ2v) is 4.48. The maximum atomic E-state index is 9.89. The van der Waals surface area contributed by atoms with Crippen molar-refractivity contribution in [1.29, 1.82) is 0 Å². The van der Waals surface area contributed by atoms with Gasteiger partial charge >= 0.3 is 0 Å². The lowest BCUT2D eigenvalue weighted by Gasteiger charge is -2.12. The molecule has 3 heteroatoms. The van der Waals surface area contributed by atoms with Crippen LogP contribution in [0.3, 0.4) is 0 Å². The summed E-state index contributed by atoms with van der Waals surface area (Å²) in [6, 6.07) is 13.6. The van der Waals surface area contributed by atoms with Crippen LogP contribution in [-0.4, -0.2) is 12.2 Å². The van der Waals surface area contributed by atoms with E-state index in [1.807, 2.05) is 36.4 Å². The third kappa shape index (κ3) is 1.78. The van der Waals surface area contributed by atoms with E-state index in [9.17, 15) is 5.11 Å². The molecule has 2 N–H and O–H groups in total. The van der Waals surface area contributed by atoms with Gasteiger partial charge in [0.1, 0.15) is 11.5 Å². The van der Waals surface area contributed by atoms with E-state index in [2.05, 4.69) is 5.32 Å². The molecule has 0 radical (unpaired) electrons. The lowest BCUT2D eigenvalue weighted by atomic mass is 10.0. The SMILES string of the molecule is COc1ccc2c(c1)CC(c1ccccc1O)N2. The standard InChI is InChI=1S/C15H15NO2/c1-18-11-6-7-13-10(8-11)9-14(16-13)12-4-2-3-5-15(12)17/h2-8,14,16-17H,9H2,1H3. The molecular formula is C15H15NO2. The molecule has 0 saturated heterocycles. The van der Waals surface area contributed by atoms with Crippen LogP contribution >= 0.6 is 0 Å². The molecule has 1 unspecified atom stereocenters. The van der Waals surface area contributed by atoms with Gasteiger partial charge in [0.15, 0.2) is 0 Å². The number of aromatic hydroxyl groups is 1. The van der Waals surface area contributed by atoms with Gasteiger partial charge in [0.2, 0.25) is 0 Å². The van der Waals surface area contributed by atoms with Gasteiger partial charge in [-0.05, 0) is 36.2 Å². The van der Waals surface area contributed by atoms with Gasteiger partial charge in [-0.3, -0.25) is 0 Å². The van der Waals surface area contributed by atoms with Crippen molar-refractivity contribution >= 4 is 5.69 Å². The lowest BCUT2D eigenvalue weighted by molar-refractivity contribution is 0.414. The Morgan fingerprint density at radius 2 is 2.06 bits per heavy atom. The average molecular weight is 241 g/mol. The minimum absolute atomic E-state index is 0.133. The van der Waals surface area contributed by atoms with Crippen molar-refractivity contribution < 1.29 is 9.84 Å². The fourth-order valence-electron chi connectivity index (χ4n) is 2.44. The zero-order valence-corrected chi connectivity index (χ0v) is 10.2. The van der Waals surface area contributed by atoms with Gasteiger partial charge < -0.3 is 15.2 Å². The minimum Gasteiger partial charge on any atom is -0.508 e. The third-order valence-corrected chi connectivity index (χ3v) is 3.38. The summed E-state index contributed by atoms with van der Waals surface area (Å²) in [6.45, 7) is 0. The van der Waals surface area contributed by atoms with Crippen molar-refractivity contribution in [2.75, 3.05) is 12.4 Å². The molecule has 0 saturated carbocycles. The van der Waals surface area contributed by atoms with Crippen LogP contribution in [0.25, 0.3) is 0 Å². The normalized spacial score (nSPS) is 17.1. The highest BCUT2D eigenvalue weighted by molar-refractivity contribution is 5.61. The maximum absolute atomic E-state index is 9.89. The van der Waals surface area contributed by atoms with Gasteiger partial charge in [0.05, 0.1) is 13.2 Å². The van der Waals surface area contributed by atoms with Crippen molar-refractivity contribution in [2.24, 2.45) is 0 Å². The smallest absolute Gasteiger partial charge is 0.120 e. The third-order valence-electron chi connectivity index (χ3n) is 3.38. The number of rotatable bonds is 2. The monoisotopic (exact) mass is 241 g/mol. The van der Waals surface area contributed by atoms with E-state index < -0.39 is 0 Å². The summed E-state index contributed by atoms with van der Waals surface area (Å²) >= 11 is 0. The Morgan fingerprint density at radius 1 is 1.22 bits per heavy atom. The second kappa shape index (κ2) is 4.26. The summed E-state index contributed by atoms with van der Waals surface area (Å²) in [7, 11) is 1.67. The zero-order chi connectivity index (χ0) is 12.5. The molecular weight excluding hydrogens is 226 g/mol. The summed E-state index contributed by atoms with van der Waals surface area (Å²) in [5.41, 5.74) is 3.28. The highest BCUT2D eigenvalue weighted by atomic mass is 16.5. The predicted molar refractivity (Wildman–Crippen MR) is 71.2 cm³/mol. The predicted octanol–water partition coefficient (Wildman–Crippen LogP) is 3.11.